The summed E-state index contributed by atoms with van der Waals surface area (Å²) in [6.07, 6.45) is 2.01. The molecule has 1 aromatic carbocycles. The van der Waals surface area contributed by atoms with Crippen molar-refractivity contribution < 1.29 is 0 Å². The van der Waals surface area contributed by atoms with Crippen molar-refractivity contribution in [2.45, 2.75) is 6.42 Å². The van der Waals surface area contributed by atoms with Crippen molar-refractivity contribution in [3.8, 4) is 0 Å². The van der Waals surface area contributed by atoms with Crippen LogP contribution in [-0.4, -0.2) is 9.97 Å². The van der Waals surface area contributed by atoms with E-state index in [0.29, 0.717) is 16.7 Å². The van der Waals surface area contributed by atoms with Crippen LogP contribution < -0.4 is 0 Å². The van der Waals surface area contributed by atoms with Gasteiger partial charge in [-0.25, -0.2) is 9.97 Å². The first kappa shape index (κ1) is 12.1. The second kappa shape index (κ2) is 5.29. The summed E-state index contributed by atoms with van der Waals surface area (Å²) in [6.45, 7) is 0. The first-order valence-corrected chi connectivity index (χ1v) is 6.39. The number of halogens is 3. The van der Waals surface area contributed by atoms with Gasteiger partial charge in [-0.1, -0.05) is 35.3 Å². The zero-order chi connectivity index (χ0) is 11.5. The predicted octanol–water partition coefficient (Wildman–Crippen LogP) is 3.98. The largest absolute Gasteiger partial charge is 0.224 e. The first-order valence-electron chi connectivity index (χ1n) is 4.56. The van der Waals surface area contributed by atoms with Crippen molar-refractivity contribution in [3.05, 3.63) is 55.6 Å². The second-order valence-corrected chi connectivity index (χ2v) is 5.20. The van der Waals surface area contributed by atoms with E-state index in [0.717, 1.165) is 11.1 Å². The van der Waals surface area contributed by atoms with Crippen molar-refractivity contribution >= 4 is 45.8 Å². The lowest BCUT2D eigenvalue weighted by atomic mass is 10.1. The van der Waals surface area contributed by atoms with Gasteiger partial charge in [0.2, 0.25) is 0 Å². The molecule has 5 heteroatoms. The van der Waals surface area contributed by atoms with E-state index < -0.39 is 0 Å². The van der Waals surface area contributed by atoms with E-state index in [4.69, 9.17) is 23.2 Å². The molecule has 0 saturated heterocycles. The number of aromatic nitrogens is 2. The van der Waals surface area contributed by atoms with Crippen LogP contribution in [-0.2, 0) is 6.42 Å². The van der Waals surface area contributed by atoms with Crippen LogP contribution in [0.3, 0.4) is 0 Å². The summed E-state index contributed by atoms with van der Waals surface area (Å²) in [6, 6.07) is 8.15. The number of hydrogen-bond donors (Lipinski definition) is 0. The maximum Gasteiger partial charge on any atom is 0.137 e. The molecule has 1 aromatic heterocycles. The molecule has 0 aliphatic carbocycles. The van der Waals surface area contributed by atoms with Gasteiger partial charge in [-0.05, 0) is 40.3 Å². The van der Waals surface area contributed by atoms with Crippen LogP contribution in [0.5, 0.6) is 0 Å². The fourth-order valence-corrected chi connectivity index (χ4v) is 2.42. The molecule has 0 N–H and O–H groups in total. The Balaban J connectivity index is 2.34. The van der Waals surface area contributed by atoms with E-state index in [-0.39, 0.29) is 0 Å². The number of nitrogens with zero attached hydrogens (tertiary/aromatic N) is 2. The van der Waals surface area contributed by atoms with Crippen LogP contribution in [0.4, 0.5) is 0 Å². The third-order valence-corrected chi connectivity index (χ3v) is 3.43. The van der Waals surface area contributed by atoms with Crippen LogP contribution in [0.2, 0.25) is 10.3 Å². The average molecular weight is 365 g/mol. The summed E-state index contributed by atoms with van der Waals surface area (Å²) >= 11 is 14.2. The van der Waals surface area contributed by atoms with Crippen LogP contribution in [0.1, 0.15) is 11.1 Å². The molecule has 2 rings (SSSR count). The molecule has 0 bridgehead atoms. The number of rotatable bonds is 2. The summed E-state index contributed by atoms with van der Waals surface area (Å²) in [4.78, 5) is 7.85. The van der Waals surface area contributed by atoms with E-state index in [1.807, 2.05) is 18.2 Å². The molecular weight excluding hydrogens is 358 g/mol. The van der Waals surface area contributed by atoms with Crippen LogP contribution >= 0.6 is 45.8 Å². The Kier molecular flexibility index (Phi) is 4.00. The van der Waals surface area contributed by atoms with Crippen molar-refractivity contribution in [1.29, 1.82) is 0 Å². The Bertz CT molecular complexity index is 497. The molecule has 0 atom stereocenters. The van der Waals surface area contributed by atoms with E-state index in [2.05, 4.69) is 38.6 Å². The molecular formula is C11H7Cl2IN2. The van der Waals surface area contributed by atoms with Gasteiger partial charge in [0.05, 0.1) is 0 Å². The summed E-state index contributed by atoms with van der Waals surface area (Å²) in [5.41, 5.74) is 1.92. The van der Waals surface area contributed by atoms with Crippen molar-refractivity contribution in [2.24, 2.45) is 0 Å². The molecule has 0 fully saturated rings. The SMILES string of the molecule is Clc1ncnc(Cl)c1Cc1cccc(I)c1. The van der Waals surface area contributed by atoms with Gasteiger partial charge in [0, 0.05) is 15.6 Å². The average Bonchev–Trinajstić information content (AvgIpc) is 2.24. The minimum atomic E-state index is 0.416. The van der Waals surface area contributed by atoms with Gasteiger partial charge in [0.1, 0.15) is 16.6 Å². The molecule has 2 aromatic rings. The maximum absolute atomic E-state index is 5.98. The zero-order valence-electron chi connectivity index (χ0n) is 8.12. The lowest BCUT2D eigenvalue weighted by Gasteiger charge is -2.05. The smallest absolute Gasteiger partial charge is 0.137 e. The third-order valence-electron chi connectivity index (χ3n) is 2.11. The molecule has 82 valence electrons. The first-order chi connectivity index (χ1) is 7.66. The minimum Gasteiger partial charge on any atom is -0.224 e. The Morgan fingerprint density at radius 1 is 1.12 bits per heavy atom. The van der Waals surface area contributed by atoms with Crippen molar-refractivity contribution in [1.82, 2.24) is 9.97 Å². The monoisotopic (exact) mass is 364 g/mol. The fourth-order valence-electron chi connectivity index (χ4n) is 1.37. The highest BCUT2D eigenvalue weighted by atomic mass is 127. The van der Waals surface area contributed by atoms with Crippen molar-refractivity contribution in [2.75, 3.05) is 0 Å². The normalized spacial score (nSPS) is 10.4. The van der Waals surface area contributed by atoms with E-state index in [1.54, 1.807) is 0 Å². The van der Waals surface area contributed by atoms with Gasteiger partial charge in [-0.2, -0.15) is 0 Å². The Hall–Kier alpha value is -0.390. The van der Waals surface area contributed by atoms with Gasteiger partial charge >= 0.3 is 0 Å². The lowest BCUT2D eigenvalue weighted by molar-refractivity contribution is 1.07. The molecule has 0 aliphatic heterocycles. The molecule has 0 unspecified atom stereocenters. The Morgan fingerprint density at radius 2 is 1.81 bits per heavy atom. The molecule has 0 spiro atoms. The van der Waals surface area contributed by atoms with E-state index in [1.165, 1.54) is 9.90 Å². The van der Waals surface area contributed by atoms with Crippen LogP contribution in [0, 0.1) is 3.57 Å². The van der Waals surface area contributed by atoms with Gasteiger partial charge in [-0.15, -0.1) is 0 Å². The zero-order valence-corrected chi connectivity index (χ0v) is 11.8. The van der Waals surface area contributed by atoms with Crippen molar-refractivity contribution in [3.63, 3.8) is 0 Å². The topological polar surface area (TPSA) is 25.8 Å². The minimum absolute atomic E-state index is 0.416. The summed E-state index contributed by atoms with van der Waals surface area (Å²) in [7, 11) is 0. The van der Waals surface area contributed by atoms with Crippen LogP contribution in [0.15, 0.2) is 30.6 Å². The predicted molar refractivity (Wildman–Crippen MR) is 74.0 cm³/mol. The van der Waals surface area contributed by atoms with E-state index in [9.17, 15) is 0 Å². The fraction of sp³-hybridized carbons (Fsp3) is 0.0909. The standard InChI is InChI=1S/C11H7Cl2IN2/c12-10-9(11(13)16-6-15-10)5-7-2-1-3-8(14)4-7/h1-4,6H,5H2. The third kappa shape index (κ3) is 2.84. The quantitative estimate of drug-likeness (QED) is 0.595. The molecule has 1 heterocycles. The summed E-state index contributed by atoms with van der Waals surface area (Å²) in [5, 5.41) is 0.831. The highest BCUT2D eigenvalue weighted by molar-refractivity contribution is 14.1. The highest BCUT2D eigenvalue weighted by Crippen LogP contribution is 2.23. The highest BCUT2D eigenvalue weighted by Gasteiger charge is 2.08. The summed E-state index contributed by atoms with van der Waals surface area (Å²) < 4.78 is 1.18. The van der Waals surface area contributed by atoms with Gasteiger partial charge in [0.15, 0.2) is 0 Å². The Morgan fingerprint density at radius 3 is 2.44 bits per heavy atom. The van der Waals surface area contributed by atoms with E-state index >= 15 is 0 Å². The molecule has 0 radical (unpaired) electrons. The lowest BCUT2D eigenvalue weighted by Crippen LogP contribution is -1.95. The van der Waals surface area contributed by atoms with Gasteiger partial charge in [0.25, 0.3) is 0 Å². The van der Waals surface area contributed by atoms with Gasteiger partial charge < -0.3 is 0 Å². The number of hydrogen-bond acceptors (Lipinski definition) is 2. The molecule has 0 aliphatic rings. The maximum atomic E-state index is 5.98. The Labute approximate surface area is 117 Å². The molecule has 0 saturated carbocycles. The van der Waals surface area contributed by atoms with Crippen LogP contribution in [0.25, 0.3) is 0 Å². The molecule has 0 amide bonds. The summed E-state index contributed by atoms with van der Waals surface area (Å²) in [5.74, 6) is 0. The molecule has 16 heavy (non-hydrogen) atoms. The second-order valence-electron chi connectivity index (χ2n) is 3.24. The number of benzene rings is 1. The molecule has 2 nitrogen and oxygen atoms in total. The van der Waals surface area contributed by atoms with Gasteiger partial charge in [-0.3, -0.25) is 0 Å².